The molecular weight excluding hydrogens is 301 g/mol. The van der Waals surface area contributed by atoms with Crippen molar-refractivity contribution < 1.29 is 19.2 Å². The van der Waals surface area contributed by atoms with E-state index in [0.717, 1.165) is 0 Å². The summed E-state index contributed by atoms with van der Waals surface area (Å²) in [6, 6.07) is 5.22. The molecule has 0 atom stereocenters. The Morgan fingerprint density at radius 2 is 1.69 bits per heavy atom. The van der Waals surface area contributed by atoms with Crippen LogP contribution in [-0.4, -0.2) is 0 Å². The molecule has 0 fully saturated rings. The van der Waals surface area contributed by atoms with Crippen LogP contribution in [0, 0.1) is 22.7 Å². The zero-order chi connectivity index (χ0) is 10.0. The summed E-state index contributed by atoms with van der Waals surface area (Å²) in [4.78, 5) is 0. The first-order valence-electron chi connectivity index (χ1n) is 3.06. The van der Waals surface area contributed by atoms with Gasteiger partial charge in [0.1, 0.15) is 0 Å². The van der Waals surface area contributed by atoms with Crippen LogP contribution in [0.3, 0.4) is 0 Å². The molecule has 0 heterocycles. The normalized spacial score (nSPS) is 9.08. The van der Waals surface area contributed by atoms with Crippen molar-refractivity contribution in [1.29, 1.82) is 10.5 Å². The summed E-state index contributed by atoms with van der Waals surface area (Å²) < 4.78 is 0.511. The summed E-state index contributed by atoms with van der Waals surface area (Å²) >= 11 is 14.3. The number of nitrogens with zero attached hydrogens (tertiary/aromatic N) is 2. The maximum atomic E-state index is 8.72. The average molecular weight is 302 g/mol. The molecule has 0 aliphatic heterocycles. The van der Waals surface area contributed by atoms with Gasteiger partial charge in [0.25, 0.3) is 0 Å². The molecule has 1 rings (SSSR count). The zero-order valence-corrected chi connectivity index (χ0v) is 9.11. The topological polar surface area (TPSA) is 47.6 Å². The Morgan fingerprint density at radius 1 is 1.15 bits per heavy atom. The van der Waals surface area contributed by atoms with Gasteiger partial charge in [0.15, 0.2) is 0 Å². The Morgan fingerprint density at radius 3 is 2.15 bits per heavy atom. The van der Waals surface area contributed by atoms with Crippen molar-refractivity contribution in [2.45, 2.75) is 0 Å². The van der Waals surface area contributed by atoms with Gasteiger partial charge in [-0.25, -0.2) is 0 Å². The summed E-state index contributed by atoms with van der Waals surface area (Å²) in [7, 11) is 0. The van der Waals surface area contributed by atoms with Crippen molar-refractivity contribution in [1.82, 2.24) is 0 Å². The van der Waals surface area contributed by atoms with E-state index in [1.165, 1.54) is 6.07 Å². The Labute approximate surface area is 96.1 Å². The van der Waals surface area contributed by atoms with E-state index in [4.69, 9.17) is 33.7 Å². The first kappa shape index (κ1) is 10.5. The summed E-state index contributed by atoms with van der Waals surface area (Å²) in [5.74, 6) is 0. The molecule has 0 aliphatic carbocycles. The summed E-state index contributed by atoms with van der Waals surface area (Å²) in [6.07, 6.45) is 0. The van der Waals surface area contributed by atoms with Gasteiger partial charge in [-0.05, 0) is 0 Å². The Balaban J connectivity index is 3.66. The van der Waals surface area contributed by atoms with Gasteiger partial charge < -0.3 is 0 Å². The van der Waals surface area contributed by atoms with E-state index in [9.17, 15) is 0 Å². The van der Waals surface area contributed by atoms with E-state index >= 15 is 0 Å². The van der Waals surface area contributed by atoms with Gasteiger partial charge in [0.05, 0.1) is 0 Å². The molecule has 0 radical (unpaired) electrons. The van der Waals surface area contributed by atoms with E-state index in [-0.39, 0.29) is 21.2 Å². The number of hydrogen-bond acceptors (Lipinski definition) is 2. The predicted octanol–water partition coefficient (Wildman–Crippen LogP) is 1.91. The van der Waals surface area contributed by atoms with E-state index in [1.807, 2.05) is 12.1 Å². The second-order valence-electron chi connectivity index (χ2n) is 2.09. The quantitative estimate of drug-likeness (QED) is 0.687. The molecule has 5 heteroatoms. The molecule has 1 aromatic rings. The zero-order valence-electron chi connectivity index (χ0n) is 6.04. The summed E-state index contributed by atoms with van der Waals surface area (Å²) in [5.41, 5.74) is 0.332. The van der Waals surface area contributed by atoms with Gasteiger partial charge in [-0.3, -0.25) is 0 Å². The van der Waals surface area contributed by atoms with Crippen LogP contribution in [0.5, 0.6) is 0 Å². The van der Waals surface area contributed by atoms with E-state index in [2.05, 4.69) is 19.2 Å². The number of hydrogen-bond donors (Lipinski definition) is 0. The van der Waals surface area contributed by atoms with Gasteiger partial charge in [-0.15, -0.1) is 0 Å². The third-order valence-corrected chi connectivity index (χ3v) is 2.77. The fourth-order valence-electron chi connectivity index (χ4n) is 0.791. The minimum absolute atomic E-state index is 0.110. The number of nitriles is 2. The fourth-order valence-corrected chi connectivity index (χ4v) is 1.81. The number of halogens is 2. The molecule has 0 saturated carbocycles. The first-order valence-corrected chi connectivity index (χ1v) is 4.59. The van der Waals surface area contributed by atoms with Gasteiger partial charge in [0.2, 0.25) is 0 Å². The molecule has 67 valence electrons. The first-order chi connectivity index (χ1) is 6.11. The molecule has 0 saturated heterocycles. The number of benzene rings is 1. The van der Waals surface area contributed by atoms with Gasteiger partial charge in [-0.1, -0.05) is 0 Å². The summed E-state index contributed by atoms with van der Waals surface area (Å²) in [5, 5.41) is 17.8. The van der Waals surface area contributed by atoms with Gasteiger partial charge in [0, 0.05) is 0 Å². The van der Waals surface area contributed by atoms with Crippen LogP contribution in [0.2, 0.25) is 10.0 Å². The van der Waals surface area contributed by atoms with E-state index in [0.29, 0.717) is 4.04 Å². The standard InChI is InChI=1S/C8HCl2N2.Pd/c9-7-2-1-5(3-11)6(4-12)8(7)10;/h2H;. The molecule has 13 heavy (non-hydrogen) atoms. The SMILES string of the molecule is N#Cc1[c]([Pd])cc(Cl)c(Cl)c1C#N. The monoisotopic (exact) mass is 301 g/mol. The summed E-state index contributed by atoms with van der Waals surface area (Å²) in [6.45, 7) is 0. The molecule has 0 aliphatic rings. The Kier molecular flexibility index (Phi) is 3.32. The molecule has 1 aromatic carbocycles. The molecule has 0 bridgehead atoms. The Bertz CT molecular complexity index is 443. The van der Waals surface area contributed by atoms with Crippen molar-refractivity contribution in [3.05, 3.63) is 27.2 Å². The van der Waals surface area contributed by atoms with Gasteiger partial charge >= 0.3 is 96.3 Å². The maximum absolute atomic E-state index is 8.72. The minimum atomic E-state index is 0.110. The average Bonchev–Trinajstić information content (AvgIpc) is 2.10. The molecule has 0 amide bonds. The van der Waals surface area contributed by atoms with Crippen LogP contribution in [0.4, 0.5) is 0 Å². The molecule has 0 aromatic heterocycles. The van der Waals surface area contributed by atoms with E-state index < -0.39 is 0 Å². The number of rotatable bonds is 0. The fraction of sp³-hybridized carbons (Fsp3) is 0. The molecule has 0 spiro atoms. The Hall–Kier alpha value is -0.558. The molecule has 2 nitrogen and oxygen atoms in total. The van der Waals surface area contributed by atoms with Crippen LogP contribution >= 0.6 is 23.2 Å². The molecular formula is C8HCl2N2Pd. The second-order valence-corrected chi connectivity index (χ2v) is 3.72. The third kappa shape index (κ3) is 1.86. The van der Waals surface area contributed by atoms with E-state index in [1.54, 1.807) is 0 Å². The van der Waals surface area contributed by atoms with Crippen LogP contribution in [0.25, 0.3) is 0 Å². The van der Waals surface area contributed by atoms with Gasteiger partial charge in [-0.2, -0.15) is 0 Å². The van der Waals surface area contributed by atoms with Crippen LogP contribution in [-0.2, 0) is 19.2 Å². The predicted molar refractivity (Wildman–Crippen MR) is 45.5 cm³/mol. The van der Waals surface area contributed by atoms with Crippen molar-refractivity contribution in [2.24, 2.45) is 0 Å². The van der Waals surface area contributed by atoms with Crippen molar-refractivity contribution in [3.8, 4) is 12.1 Å². The van der Waals surface area contributed by atoms with Crippen LogP contribution in [0.1, 0.15) is 11.1 Å². The van der Waals surface area contributed by atoms with Crippen molar-refractivity contribution in [3.63, 3.8) is 0 Å². The van der Waals surface area contributed by atoms with Crippen LogP contribution in [0.15, 0.2) is 6.07 Å². The van der Waals surface area contributed by atoms with Crippen LogP contribution < -0.4 is 4.04 Å². The van der Waals surface area contributed by atoms with Crippen molar-refractivity contribution in [2.75, 3.05) is 0 Å². The molecule has 0 N–H and O–H groups in total. The molecule has 0 unspecified atom stereocenters. The van der Waals surface area contributed by atoms with Crippen molar-refractivity contribution >= 4 is 27.2 Å². The third-order valence-electron chi connectivity index (χ3n) is 1.37. The second kappa shape index (κ2) is 4.10.